The zero-order valence-corrected chi connectivity index (χ0v) is 12.6. The first-order valence-electron chi connectivity index (χ1n) is 7.41. The number of hydrogen-bond donors (Lipinski definition) is 1. The predicted molar refractivity (Wildman–Crippen MR) is 80.8 cm³/mol. The lowest BCUT2D eigenvalue weighted by molar-refractivity contribution is 0.169. The Hall–Kier alpha value is -1.42. The third-order valence-electron chi connectivity index (χ3n) is 4.82. The number of hydrogen-bond acceptors (Lipinski definition) is 4. The van der Waals surface area contributed by atoms with Crippen LogP contribution in [-0.2, 0) is 0 Å². The molecule has 1 aromatic carbocycles. The van der Waals surface area contributed by atoms with Crippen molar-refractivity contribution >= 4 is 5.69 Å². The van der Waals surface area contributed by atoms with Crippen LogP contribution in [0.2, 0.25) is 0 Å². The van der Waals surface area contributed by atoms with E-state index in [2.05, 4.69) is 17.3 Å². The second-order valence-corrected chi connectivity index (χ2v) is 5.96. The van der Waals surface area contributed by atoms with E-state index in [0.29, 0.717) is 6.04 Å². The van der Waals surface area contributed by atoms with Crippen molar-refractivity contribution in [3.8, 4) is 11.5 Å². The number of rotatable bonds is 4. The molecule has 4 heteroatoms. The molecule has 2 aliphatic heterocycles. The Labute approximate surface area is 121 Å². The summed E-state index contributed by atoms with van der Waals surface area (Å²) in [7, 11) is 5.65. The summed E-state index contributed by atoms with van der Waals surface area (Å²) >= 11 is 0. The van der Waals surface area contributed by atoms with Gasteiger partial charge >= 0.3 is 0 Å². The Balaban J connectivity index is 1.72. The fraction of sp³-hybridized carbons (Fsp3) is 0.625. The van der Waals surface area contributed by atoms with Crippen LogP contribution in [-0.4, -0.2) is 44.3 Å². The van der Waals surface area contributed by atoms with Gasteiger partial charge in [-0.05, 0) is 32.7 Å². The van der Waals surface area contributed by atoms with E-state index in [1.54, 1.807) is 14.2 Å². The first-order valence-corrected chi connectivity index (χ1v) is 7.41. The van der Waals surface area contributed by atoms with E-state index in [4.69, 9.17) is 9.47 Å². The highest BCUT2D eigenvalue weighted by molar-refractivity contribution is 5.54. The van der Waals surface area contributed by atoms with Crippen LogP contribution in [0.5, 0.6) is 11.5 Å². The van der Waals surface area contributed by atoms with Gasteiger partial charge in [-0.25, -0.2) is 0 Å². The first kappa shape index (κ1) is 13.6. The standard InChI is InChI=1S/C16H24N2O2/c1-18-13-4-5-14(18)7-11(6-13)17-12-8-15(19-2)10-16(9-12)20-3/h8-11,13-14,17H,4-7H2,1-3H3. The fourth-order valence-electron chi connectivity index (χ4n) is 3.66. The maximum Gasteiger partial charge on any atom is 0.124 e. The molecule has 1 aromatic rings. The Morgan fingerprint density at radius 1 is 1.00 bits per heavy atom. The monoisotopic (exact) mass is 276 g/mol. The summed E-state index contributed by atoms with van der Waals surface area (Å²) in [6.07, 6.45) is 5.15. The summed E-state index contributed by atoms with van der Waals surface area (Å²) < 4.78 is 10.7. The Kier molecular flexibility index (Phi) is 3.74. The number of benzene rings is 1. The van der Waals surface area contributed by atoms with Crippen LogP contribution in [0.3, 0.4) is 0 Å². The molecule has 2 fully saturated rings. The van der Waals surface area contributed by atoms with Gasteiger partial charge in [0.2, 0.25) is 0 Å². The highest BCUT2D eigenvalue weighted by atomic mass is 16.5. The molecule has 0 radical (unpaired) electrons. The molecule has 1 N–H and O–H groups in total. The molecule has 0 spiro atoms. The van der Waals surface area contributed by atoms with Crippen LogP contribution >= 0.6 is 0 Å². The molecule has 2 atom stereocenters. The molecule has 2 bridgehead atoms. The van der Waals surface area contributed by atoms with Crippen molar-refractivity contribution in [1.29, 1.82) is 0 Å². The summed E-state index contributed by atoms with van der Waals surface area (Å²) in [5.41, 5.74) is 1.09. The number of ether oxygens (including phenoxy) is 2. The van der Waals surface area contributed by atoms with E-state index in [1.165, 1.54) is 25.7 Å². The van der Waals surface area contributed by atoms with Crippen molar-refractivity contribution in [2.24, 2.45) is 0 Å². The third kappa shape index (κ3) is 2.57. The largest absolute Gasteiger partial charge is 0.497 e. The summed E-state index contributed by atoms with van der Waals surface area (Å²) in [4.78, 5) is 2.56. The zero-order chi connectivity index (χ0) is 14.1. The highest BCUT2D eigenvalue weighted by Crippen LogP contribution is 2.36. The molecule has 0 amide bonds. The first-order chi connectivity index (χ1) is 9.69. The highest BCUT2D eigenvalue weighted by Gasteiger charge is 2.38. The predicted octanol–water partition coefficient (Wildman–Crippen LogP) is 2.74. The summed E-state index contributed by atoms with van der Waals surface area (Å²) in [6.45, 7) is 0. The van der Waals surface area contributed by atoms with Crippen molar-refractivity contribution in [1.82, 2.24) is 4.90 Å². The van der Waals surface area contributed by atoms with Crippen molar-refractivity contribution in [3.63, 3.8) is 0 Å². The molecule has 2 aliphatic rings. The summed E-state index contributed by atoms with van der Waals surface area (Å²) in [5, 5.41) is 3.66. The van der Waals surface area contributed by atoms with Gasteiger partial charge in [0.15, 0.2) is 0 Å². The summed E-state index contributed by atoms with van der Waals surface area (Å²) in [6, 6.07) is 8.05. The van der Waals surface area contributed by atoms with Gasteiger partial charge in [-0.1, -0.05) is 0 Å². The molecule has 110 valence electrons. The van der Waals surface area contributed by atoms with Crippen LogP contribution in [0.4, 0.5) is 5.69 Å². The topological polar surface area (TPSA) is 33.7 Å². The number of fused-ring (bicyclic) bond motifs is 2. The normalized spacial score (nSPS) is 29.2. The van der Waals surface area contributed by atoms with E-state index >= 15 is 0 Å². The minimum absolute atomic E-state index is 0.556. The third-order valence-corrected chi connectivity index (χ3v) is 4.82. The molecular weight excluding hydrogens is 252 g/mol. The quantitative estimate of drug-likeness (QED) is 0.917. The maximum atomic E-state index is 5.33. The lowest BCUT2D eigenvalue weighted by Gasteiger charge is -2.37. The van der Waals surface area contributed by atoms with E-state index < -0.39 is 0 Å². The smallest absolute Gasteiger partial charge is 0.124 e. The average molecular weight is 276 g/mol. The van der Waals surface area contributed by atoms with Crippen LogP contribution in [0, 0.1) is 0 Å². The summed E-state index contributed by atoms with van der Waals surface area (Å²) in [5.74, 6) is 1.67. The second-order valence-electron chi connectivity index (χ2n) is 5.96. The minimum Gasteiger partial charge on any atom is -0.497 e. The van der Waals surface area contributed by atoms with E-state index in [-0.39, 0.29) is 0 Å². The Morgan fingerprint density at radius 2 is 1.55 bits per heavy atom. The number of nitrogens with one attached hydrogen (secondary N) is 1. The maximum absolute atomic E-state index is 5.33. The van der Waals surface area contributed by atoms with Gasteiger partial charge in [-0.3, -0.25) is 0 Å². The van der Waals surface area contributed by atoms with Gasteiger partial charge in [0.25, 0.3) is 0 Å². The van der Waals surface area contributed by atoms with Crippen LogP contribution < -0.4 is 14.8 Å². The lowest BCUT2D eigenvalue weighted by Crippen LogP contribution is -2.44. The molecule has 2 heterocycles. The molecule has 3 rings (SSSR count). The van der Waals surface area contributed by atoms with Gasteiger partial charge < -0.3 is 19.7 Å². The SMILES string of the molecule is COc1cc(NC2CC3CCC(C2)N3C)cc(OC)c1. The zero-order valence-electron chi connectivity index (χ0n) is 12.6. The van der Waals surface area contributed by atoms with E-state index in [0.717, 1.165) is 29.3 Å². The van der Waals surface area contributed by atoms with Gasteiger partial charge in [-0.2, -0.15) is 0 Å². The number of nitrogens with zero attached hydrogens (tertiary/aromatic N) is 1. The van der Waals surface area contributed by atoms with Crippen molar-refractivity contribution in [2.75, 3.05) is 26.6 Å². The number of piperidine rings is 1. The molecule has 2 saturated heterocycles. The van der Waals surface area contributed by atoms with Crippen molar-refractivity contribution in [3.05, 3.63) is 18.2 Å². The van der Waals surface area contributed by atoms with Gasteiger partial charge in [0.05, 0.1) is 14.2 Å². The second kappa shape index (κ2) is 5.52. The van der Waals surface area contributed by atoms with Gasteiger partial charge in [-0.15, -0.1) is 0 Å². The molecule has 2 unspecified atom stereocenters. The van der Waals surface area contributed by atoms with Gasteiger partial charge in [0.1, 0.15) is 11.5 Å². The molecule has 0 aliphatic carbocycles. The minimum atomic E-state index is 0.556. The van der Waals surface area contributed by atoms with E-state index in [9.17, 15) is 0 Å². The average Bonchev–Trinajstić information content (AvgIpc) is 2.68. The fourth-order valence-corrected chi connectivity index (χ4v) is 3.66. The molecule has 4 nitrogen and oxygen atoms in total. The van der Waals surface area contributed by atoms with Crippen LogP contribution in [0.1, 0.15) is 25.7 Å². The van der Waals surface area contributed by atoms with Crippen LogP contribution in [0.15, 0.2) is 18.2 Å². The molecule has 20 heavy (non-hydrogen) atoms. The number of methoxy groups -OCH3 is 2. The molecule has 0 saturated carbocycles. The van der Waals surface area contributed by atoms with Crippen molar-refractivity contribution in [2.45, 2.75) is 43.8 Å². The van der Waals surface area contributed by atoms with Crippen molar-refractivity contribution < 1.29 is 9.47 Å². The molecule has 0 aromatic heterocycles. The lowest BCUT2D eigenvalue weighted by atomic mass is 9.97. The van der Waals surface area contributed by atoms with Gasteiger partial charge in [0, 0.05) is 42.0 Å². The Morgan fingerprint density at radius 3 is 2.05 bits per heavy atom. The van der Waals surface area contributed by atoms with E-state index in [1.807, 2.05) is 18.2 Å². The molecular formula is C16H24N2O2. The Bertz CT molecular complexity index is 441. The number of anilines is 1. The van der Waals surface area contributed by atoms with Crippen LogP contribution in [0.25, 0.3) is 0 Å².